The van der Waals surface area contributed by atoms with Crippen LogP contribution in [-0.2, 0) is 10.8 Å². The third kappa shape index (κ3) is 3.92. The van der Waals surface area contributed by atoms with Gasteiger partial charge in [0.25, 0.3) is 0 Å². The molecule has 110 valence electrons. The zero-order chi connectivity index (χ0) is 14.5. The molecule has 0 spiro atoms. The van der Waals surface area contributed by atoms with Gasteiger partial charge in [0.2, 0.25) is 0 Å². The lowest BCUT2D eigenvalue weighted by atomic mass is 10.3. The average molecular weight is 283 g/mol. The number of nitrogens with one attached hydrogen (secondary N) is 1. The first-order chi connectivity index (χ1) is 8.91. The van der Waals surface area contributed by atoms with Crippen LogP contribution in [0, 0.1) is 0 Å². The van der Waals surface area contributed by atoms with E-state index in [1.54, 1.807) is 0 Å². The summed E-state index contributed by atoms with van der Waals surface area (Å²) in [5, 5.41) is 0. The Kier molecular flexibility index (Phi) is 6.27. The molecule has 1 aromatic heterocycles. The maximum absolute atomic E-state index is 6.51. The number of aromatic nitrogens is 2. The number of imidazole rings is 1. The van der Waals surface area contributed by atoms with E-state index in [9.17, 15) is 0 Å². The molecule has 1 rings (SSSR count). The van der Waals surface area contributed by atoms with E-state index in [0.29, 0.717) is 16.6 Å². The maximum atomic E-state index is 6.51. The first-order valence-electron chi connectivity index (χ1n) is 7.53. The molecule has 1 aromatic rings. The Balaban J connectivity index is 2.53. The predicted molar refractivity (Wildman–Crippen MR) is 83.9 cm³/mol. The molecular formula is C15H30N2OSi. The number of hydrogen-bond acceptors (Lipinski definition) is 2. The minimum absolute atomic E-state index is 0.663. The largest absolute Gasteiger partial charge is 0.416 e. The van der Waals surface area contributed by atoms with Crippen molar-refractivity contribution in [3.05, 3.63) is 18.2 Å². The quantitative estimate of drug-likeness (QED) is 0.562. The molecule has 1 heterocycles. The van der Waals surface area contributed by atoms with Crippen molar-refractivity contribution in [3.8, 4) is 0 Å². The molecule has 19 heavy (non-hydrogen) atoms. The van der Waals surface area contributed by atoms with Crippen molar-refractivity contribution in [2.45, 2.75) is 71.0 Å². The second-order valence-corrected chi connectivity index (χ2v) is 11.8. The van der Waals surface area contributed by atoms with Crippen LogP contribution in [0.5, 0.6) is 0 Å². The van der Waals surface area contributed by atoms with E-state index in [1.165, 1.54) is 0 Å². The molecule has 4 heteroatoms. The lowest BCUT2D eigenvalue weighted by Crippen LogP contribution is -2.48. The predicted octanol–water partition coefficient (Wildman–Crippen LogP) is 4.53. The molecule has 0 aliphatic carbocycles. The van der Waals surface area contributed by atoms with Crippen molar-refractivity contribution in [2.75, 3.05) is 6.61 Å². The maximum Gasteiger partial charge on any atom is 0.200 e. The Labute approximate surface area is 119 Å². The van der Waals surface area contributed by atoms with E-state index >= 15 is 0 Å². The van der Waals surface area contributed by atoms with Gasteiger partial charge in [0.1, 0.15) is 5.82 Å². The van der Waals surface area contributed by atoms with E-state index in [0.717, 1.165) is 25.3 Å². The fraction of sp³-hybridized carbons (Fsp3) is 0.800. The van der Waals surface area contributed by atoms with Crippen LogP contribution >= 0.6 is 0 Å². The van der Waals surface area contributed by atoms with Gasteiger partial charge >= 0.3 is 0 Å². The molecule has 0 aromatic carbocycles. The highest BCUT2D eigenvalue weighted by atomic mass is 28.4. The van der Waals surface area contributed by atoms with Crippen molar-refractivity contribution in [1.82, 2.24) is 9.97 Å². The summed E-state index contributed by atoms with van der Waals surface area (Å²) < 4.78 is 6.51. The molecule has 0 radical (unpaired) electrons. The molecule has 0 fully saturated rings. The SMILES string of the molecule is CC(C)[Si](OCCCc1ncc[nH]1)(C(C)C)C(C)C. The second kappa shape index (κ2) is 7.24. The Morgan fingerprint density at radius 1 is 1.11 bits per heavy atom. The van der Waals surface area contributed by atoms with E-state index in [4.69, 9.17) is 4.43 Å². The van der Waals surface area contributed by atoms with Gasteiger partial charge in [-0.15, -0.1) is 0 Å². The Hall–Kier alpha value is -0.613. The summed E-state index contributed by atoms with van der Waals surface area (Å²) in [5.41, 5.74) is 1.99. The normalized spacial score (nSPS) is 12.9. The zero-order valence-corrected chi connectivity index (χ0v) is 14.4. The van der Waals surface area contributed by atoms with Crippen molar-refractivity contribution in [1.29, 1.82) is 0 Å². The van der Waals surface area contributed by atoms with E-state index in [1.807, 2.05) is 12.4 Å². The first-order valence-corrected chi connectivity index (χ1v) is 9.67. The fourth-order valence-corrected chi connectivity index (χ4v) is 8.92. The fourth-order valence-electron chi connectivity index (χ4n) is 3.42. The lowest BCUT2D eigenvalue weighted by Gasteiger charge is -2.42. The third-order valence-electron chi connectivity index (χ3n) is 4.17. The number of aromatic amines is 1. The minimum Gasteiger partial charge on any atom is -0.416 e. The monoisotopic (exact) mass is 282 g/mol. The van der Waals surface area contributed by atoms with Gasteiger partial charge in [0.15, 0.2) is 8.32 Å². The molecule has 0 bridgehead atoms. The van der Waals surface area contributed by atoms with Gasteiger partial charge in [-0.1, -0.05) is 41.5 Å². The standard InChI is InChI=1S/C15H30N2OSi/c1-12(2)19(13(3)4,14(5)6)18-11-7-8-15-16-9-10-17-15/h9-10,12-14H,7-8,11H2,1-6H3,(H,16,17). The Morgan fingerprint density at radius 3 is 2.11 bits per heavy atom. The first kappa shape index (κ1) is 16.4. The summed E-state index contributed by atoms with van der Waals surface area (Å²) >= 11 is 0. The van der Waals surface area contributed by atoms with Crippen LogP contribution in [0.3, 0.4) is 0 Å². The highest BCUT2D eigenvalue weighted by Gasteiger charge is 2.44. The molecule has 0 aliphatic rings. The number of aryl methyl sites for hydroxylation is 1. The van der Waals surface area contributed by atoms with Crippen LogP contribution in [-0.4, -0.2) is 24.9 Å². The van der Waals surface area contributed by atoms with Gasteiger partial charge in [0.05, 0.1) is 0 Å². The molecule has 0 atom stereocenters. The van der Waals surface area contributed by atoms with Gasteiger partial charge in [0, 0.05) is 25.4 Å². The molecule has 0 saturated carbocycles. The molecule has 3 nitrogen and oxygen atoms in total. The van der Waals surface area contributed by atoms with Gasteiger partial charge < -0.3 is 9.41 Å². The highest BCUT2D eigenvalue weighted by Crippen LogP contribution is 2.42. The van der Waals surface area contributed by atoms with E-state index in [-0.39, 0.29) is 0 Å². The average Bonchev–Trinajstić information content (AvgIpc) is 2.80. The summed E-state index contributed by atoms with van der Waals surface area (Å²) in [4.78, 5) is 7.40. The third-order valence-corrected chi connectivity index (χ3v) is 10.3. The smallest absolute Gasteiger partial charge is 0.200 e. The van der Waals surface area contributed by atoms with Crippen molar-refractivity contribution >= 4 is 8.32 Å². The van der Waals surface area contributed by atoms with E-state index in [2.05, 4.69) is 51.5 Å². The highest BCUT2D eigenvalue weighted by molar-refractivity contribution is 6.77. The number of nitrogens with zero attached hydrogens (tertiary/aromatic N) is 1. The summed E-state index contributed by atoms with van der Waals surface area (Å²) in [5.74, 6) is 1.06. The lowest BCUT2D eigenvalue weighted by molar-refractivity contribution is 0.272. The number of hydrogen-bond donors (Lipinski definition) is 1. The van der Waals surface area contributed by atoms with Crippen LogP contribution in [0.15, 0.2) is 12.4 Å². The summed E-state index contributed by atoms with van der Waals surface area (Å²) in [6, 6.07) is 0. The van der Waals surface area contributed by atoms with Gasteiger partial charge in [-0.3, -0.25) is 0 Å². The van der Waals surface area contributed by atoms with Crippen LogP contribution in [0.4, 0.5) is 0 Å². The minimum atomic E-state index is -1.68. The molecule has 0 unspecified atom stereocenters. The van der Waals surface area contributed by atoms with E-state index < -0.39 is 8.32 Å². The van der Waals surface area contributed by atoms with Crippen LogP contribution in [0.1, 0.15) is 53.8 Å². The molecule has 0 aliphatic heterocycles. The van der Waals surface area contributed by atoms with Crippen molar-refractivity contribution in [3.63, 3.8) is 0 Å². The Morgan fingerprint density at radius 2 is 1.68 bits per heavy atom. The second-order valence-electron chi connectivity index (χ2n) is 6.31. The number of H-pyrrole nitrogens is 1. The zero-order valence-electron chi connectivity index (χ0n) is 13.4. The van der Waals surface area contributed by atoms with Crippen LogP contribution in [0.25, 0.3) is 0 Å². The summed E-state index contributed by atoms with van der Waals surface area (Å²) in [7, 11) is -1.68. The molecule has 1 N–H and O–H groups in total. The molecule has 0 amide bonds. The summed E-state index contributed by atoms with van der Waals surface area (Å²) in [6.07, 6.45) is 5.72. The van der Waals surface area contributed by atoms with Gasteiger partial charge in [-0.2, -0.15) is 0 Å². The van der Waals surface area contributed by atoms with Crippen molar-refractivity contribution in [2.24, 2.45) is 0 Å². The van der Waals surface area contributed by atoms with Gasteiger partial charge in [-0.25, -0.2) is 4.98 Å². The van der Waals surface area contributed by atoms with Crippen molar-refractivity contribution < 1.29 is 4.43 Å². The van der Waals surface area contributed by atoms with Crippen LogP contribution < -0.4 is 0 Å². The van der Waals surface area contributed by atoms with Gasteiger partial charge in [-0.05, 0) is 23.0 Å². The molecule has 0 saturated heterocycles. The van der Waals surface area contributed by atoms with Crippen LogP contribution in [0.2, 0.25) is 16.6 Å². The number of rotatable bonds is 8. The Bertz CT molecular complexity index is 325. The summed E-state index contributed by atoms with van der Waals surface area (Å²) in [6.45, 7) is 14.9. The molecular weight excluding hydrogens is 252 g/mol. The topological polar surface area (TPSA) is 37.9 Å².